The normalized spacial score (nSPS) is 11.9. The van der Waals surface area contributed by atoms with E-state index in [1.165, 1.54) is 0 Å². The highest BCUT2D eigenvalue weighted by atomic mass is 16.2. The molecule has 1 amide bonds. The van der Waals surface area contributed by atoms with Crippen molar-refractivity contribution < 1.29 is 4.79 Å². The van der Waals surface area contributed by atoms with Crippen LogP contribution in [0, 0.1) is 5.41 Å². The number of hydrogen-bond acceptors (Lipinski definition) is 2. The zero-order valence-electron chi connectivity index (χ0n) is 11.1. The predicted octanol–water partition coefficient (Wildman–Crippen LogP) is 1.83. The molecule has 0 aliphatic carbocycles. The van der Waals surface area contributed by atoms with Gasteiger partial charge in [0.15, 0.2) is 0 Å². The van der Waals surface area contributed by atoms with Gasteiger partial charge in [-0.2, -0.15) is 0 Å². The molecule has 0 aromatic heterocycles. The number of carbonyl (C=O) groups excluding carboxylic acids is 1. The first-order valence-electron chi connectivity index (χ1n) is 5.80. The monoisotopic (exact) mass is 214 g/mol. The Morgan fingerprint density at radius 2 is 1.53 bits per heavy atom. The van der Waals surface area contributed by atoms with Gasteiger partial charge in [0.2, 0.25) is 5.91 Å². The molecular formula is C12H26N2O. The summed E-state index contributed by atoms with van der Waals surface area (Å²) in [6.45, 7) is 14.1. The number of carbonyl (C=O) groups is 1. The van der Waals surface area contributed by atoms with Gasteiger partial charge in [0, 0.05) is 25.6 Å². The Hall–Kier alpha value is -0.570. The maximum Gasteiger partial charge on any atom is 0.227 e. The molecule has 15 heavy (non-hydrogen) atoms. The number of rotatable bonds is 5. The zero-order valence-corrected chi connectivity index (χ0v) is 11.1. The van der Waals surface area contributed by atoms with E-state index in [1.807, 2.05) is 32.7 Å². The second kappa shape index (κ2) is 6.11. The van der Waals surface area contributed by atoms with Crippen LogP contribution in [0.5, 0.6) is 0 Å². The Morgan fingerprint density at radius 1 is 1.07 bits per heavy atom. The van der Waals surface area contributed by atoms with E-state index in [9.17, 15) is 4.79 Å². The number of hydrogen-bond donors (Lipinski definition) is 0. The first kappa shape index (κ1) is 14.4. The Kier molecular flexibility index (Phi) is 5.88. The summed E-state index contributed by atoms with van der Waals surface area (Å²) in [4.78, 5) is 16.0. The van der Waals surface area contributed by atoms with Crippen molar-refractivity contribution in [1.82, 2.24) is 9.80 Å². The number of nitrogens with zero attached hydrogens (tertiary/aromatic N) is 2. The number of likely N-dealkylation sites (N-methyl/N-ethyl adjacent to an activating group) is 2. The van der Waals surface area contributed by atoms with Crippen LogP contribution in [0.2, 0.25) is 0 Å². The first-order chi connectivity index (χ1) is 6.82. The van der Waals surface area contributed by atoms with E-state index in [2.05, 4.69) is 18.7 Å². The molecule has 0 aromatic rings. The maximum absolute atomic E-state index is 11.9. The van der Waals surface area contributed by atoms with Crippen LogP contribution in [-0.2, 0) is 4.79 Å². The molecule has 3 nitrogen and oxygen atoms in total. The largest absolute Gasteiger partial charge is 0.344 e. The van der Waals surface area contributed by atoms with E-state index in [1.54, 1.807) is 0 Å². The van der Waals surface area contributed by atoms with Gasteiger partial charge >= 0.3 is 0 Å². The zero-order chi connectivity index (χ0) is 12.1. The van der Waals surface area contributed by atoms with Crippen molar-refractivity contribution in [3.63, 3.8) is 0 Å². The van der Waals surface area contributed by atoms with Crippen LogP contribution >= 0.6 is 0 Å². The SMILES string of the molecule is CCN(CC)CCN(C)C(=O)C(C)(C)C. The molecule has 0 atom stereocenters. The lowest BCUT2D eigenvalue weighted by molar-refractivity contribution is -0.138. The molecule has 0 bridgehead atoms. The van der Waals surface area contributed by atoms with Gasteiger partial charge in [-0.25, -0.2) is 0 Å². The highest BCUT2D eigenvalue weighted by Crippen LogP contribution is 2.16. The standard InChI is InChI=1S/C12H26N2O/c1-7-14(8-2)10-9-13(6)11(15)12(3,4)5/h7-10H2,1-6H3. The molecular weight excluding hydrogens is 188 g/mol. The lowest BCUT2D eigenvalue weighted by Crippen LogP contribution is -2.41. The molecule has 0 aliphatic rings. The lowest BCUT2D eigenvalue weighted by atomic mass is 9.95. The summed E-state index contributed by atoms with van der Waals surface area (Å²) in [7, 11) is 1.89. The molecule has 90 valence electrons. The van der Waals surface area contributed by atoms with Crippen molar-refractivity contribution in [2.24, 2.45) is 5.41 Å². The average molecular weight is 214 g/mol. The highest BCUT2D eigenvalue weighted by molar-refractivity contribution is 5.81. The minimum Gasteiger partial charge on any atom is -0.344 e. The van der Waals surface area contributed by atoms with E-state index in [0.29, 0.717) is 0 Å². The van der Waals surface area contributed by atoms with Crippen molar-refractivity contribution in [2.75, 3.05) is 33.2 Å². The van der Waals surface area contributed by atoms with E-state index in [0.717, 1.165) is 26.2 Å². The quantitative estimate of drug-likeness (QED) is 0.697. The third-order valence-electron chi connectivity index (χ3n) is 2.63. The van der Waals surface area contributed by atoms with Crippen molar-refractivity contribution in [3.05, 3.63) is 0 Å². The summed E-state index contributed by atoms with van der Waals surface area (Å²) in [6, 6.07) is 0. The van der Waals surface area contributed by atoms with Gasteiger partial charge in [-0.15, -0.1) is 0 Å². The van der Waals surface area contributed by atoms with E-state index < -0.39 is 0 Å². The van der Waals surface area contributed by atoms with Crippen molar-refractivity contribution >= 4 is 5.91 Å². The first-order valence-corrected chi connectivity index (χ1v) is 5.80. The maximum atomic E-state index is 11.9. The van der Waals surface area contributed by atoms with Gasteiger partial charge in [0.25, 0.3) is 0 Å². The third-order valence-corrected chi connectivity index (χ3v) is 2.63. The van der Waals surface area contributed by atoms with Crippen LogP contribution < -0.4 is 0 Å². The fourth-order valence-corrected chi connectivity index (χ4v) is 1.51. The Morgan fingerprint density at radius 3 is 1.87 bits per heavy atom. The summed E-state index contributed by atoms with van der Waals surface area (Å²) in [5.74, 6) is 0.217. The van der Waals surface area contributed by atoms with E-state index in [-0.39, 0.29) is 11.3 Å². The van der Waals surface area contributed by atoms with Crippen molar-refractivity contribution in [2.45, 2.75) is 34.6 Å². The van der Waals surface area contributed by atoms with Crippen molar-refractivity contribution in [3.8, 4) is 0 Å². The lowest BCUT2D eigenvalue weighted by Gasteiger charge is -2.28. The Balaban J connectivity index is 4.04. The van der Waals surface area contributed by atoms with Crippen LogP contribution in [0.15, 0.2) is 0 Å². The van der Waals surface area contributed by atoms with Gasteiger partial charge in [-0.05, 0) is 13.1 Å². The Labute approximate surface area is 94.4 Å². The fourth-order valence-electron chi connectivity index (χ4n) is 1.51. The van der Waals surface area contributed by atoms with Gasteiger partial charge in [0.05, 0.1) is 0 Å². The number of amides is 1. The fraction of sp³-hybridized carbons (Fsp3) is 0.917. The minimum absolute atomic E-state index is 0.217. The molecule has 0 unspecified atom stereocenters. The average Bonchev–Trinajstić information content (AvgIpc) is 2.16. The topological polar surface area (TPSA) is 23.6 Å². The summed E-state index contributed by atoms with van der Waals surface area (Å²) in [6.07, 6.45) is 0. The van der Waals surface area contributed by atoms with Gasteiger partial charge in [-0.1, -0.05) is 34.6 Å². The Bertz CT molecular complexity index is 192. The van der Waals surface area contributed by atoms with Crippen LogP contribution in [0.1, 0.15) is 34.6 Å². The van der Waals surface area contributed by atoms with Crippen LogP contribution in [0.4, 0.5) is 0 Å². The third kappa shape index (κ3) is 5.17. The molecule has 0 aromatic carbocycles. The van der Waals surface area contributed by atoms with Crippen molar-refractivity contribution in [1.29, 1.82) is 0 Å². The van der Waals surface area contributed by atoms with Crippen LogP contribution in [0.3, 0.4) is 0 Å². The molecule has 0 radical (unpaired) electrons. The van der Waals surface area contributed by atoms with Gasteiger partial charge in [0.1, 0.15) is 0 Å². The van der Waals surface area contributed by atoms with Gasteiger partial charge in [-0.3, -0.25) is 4.79 Å². The molecule has 0 saturated heterocycles. The second-order valence-corrected chi connectivity index (χ2v) is 5.00. The molecule has 0 saturated carbocycles. The van der Waals surface area contributed by atoms with Gasteiger partial charge < -0.3 is 9.80 Å². The smallest absolute Gasteiger partial charge is 0.227 e. The van der Waals surface area contributed by atoms with Crippen LogP contribution in [0.25, 0.3) is 0 Å². The highest BCUT2D eigenvalue weighted by Gasteiger charge is 2.24. The molecule has 0 heterocycles. The molecule has 3 heteroatoms. The summed E-state index contributed by atoms with van der Waals surface area (Å²) in [5, 5.41) is 0. The minimum atomic E-state index is -0.266. The second-order valence-electron chi connectivity index (χ2n) is 5.00. The summed E-state index contributed by atoms with van der Waals surface area (Å²) >= 11 is 0. The van der Waals surface area contributed by atoms with E-state index >= 15 is 0 Å². The summed E-state index contributed by atoms with van der Waals surface area (Å²) in [5.41, 5.74) is -0.266. The molecule has 0 fully saturated rings. The van der Waals surface area contributed by atoms with Crippen LogP contribution in [-0.4, -0.2) is 48.9 Å². The molecule has 0 aliphatic heterocycles. The van der Waals surface area contributed by atoms with E-state index in [4.69, 9.17) is 0 Å². The summed E-state index contributed by atoms with van der Waals surface area (Å²) < 4.78 is 0. The molecule has 0 spiro atoms. The molecule has 0 N–H and O–H groups in total. The molecule has 0 rings (SSSR count). The predicted molar refractivity (Wildman–Crippen MR) is 64.9 cm³/mol.